The van der Waals surface area contributed by atoms with Gasteiger partial charge in [-0.2, -0.15) is 0 Å². The fourth-order valence-corrected chi connectivity index (χ4v) is 2.84. The van der Waals surface area contributed by atoms with Crippen molar-refractivity contribution in [2.75, 3.05) is 13.2 Å². The highest BCUT2D eigenvalue weighted by Gasteiger charge is 2.13. The van der Waals surface area contributed by atoms with Gasteiger partial charge in [0.05, 0.1) is 11.5 Å². The van der Waals surface area contributed by atoms with E-state index in [1.807, 2.05) is 24.4 Å². The molecule has 3 rings (SSSR count). The van der Waals surface area contributed by atoms with Crippen molar-refractivity contribution >= 4 is 17.2 Å². The van der Waals surface area contributed by atoms with Crippen LogP contribution in [0, 0.1) is 6.92 Å². The summed E-state index contributed by atoms with van der Waals surface area (Å²) in [6.07, 6.45) is 0. The lowest BCUT2D eigenvalue weighted by Gasteiger charge is -2.06. The van der Waals surface area contributed by atoms with E-state index in [0.717, 1.165) is 16.3 Å². The van der Waals surface area contributed by atoms with Crippen LogP contribution in [0.3, 0.4) is 0 Å². The minimum atomic E-state index is -0.228. The monoisotopic (exact) mass is 358 g/mol. The summed E-state index contributed by atoms with van der Waals surface area (Å²) in [6.45, 7) is 2.29. The molecule has 0 bridgehead atoms. The smallest absolute Gasteiger partial charge is 0.251 e. The first kappa shape index (κ1) is 17.2. The SMILES string of the molecule is Cc1oc(-c2cccs2)nc1COc1ccc(C(=O)NCCO)cc1. The number of aliphatic hydroxyl groups is 1. The highest BCUT2D eigenvalue weighted by Crippen LogP contribution is 2.26. The average molecular weight is 358 g/mol. The number of oxazole rings is 1. The van der Waals surface area contributed by atoms with Gasteiger partial charge < -0.3 is 19.6 Å². The first-order chi connectivity index (χ1) is 12.2. The van der Waals surface area contributed by atoms with Gasteiger partial charge in [0.25, 0.3) is 5.91 Å². The third-order valence-electron chi connectivity index (χ3n) is 3.51. The summed E-state index contributed by atoms with van der Waals surface area (Å²) < 4.78 is 11.4. The lowest BCUT2D eigenvalue weighted by atomic mass is 10.2. The summed E-state index contributed by atoms with van der Waals surface area (Å²) in [7, 11) is 0. The maximum Gasteiger partial charge on any atom is 0.251 e. The van der Waals surface area contributed by atoms with Crippen LogP contribution in [-0.2, 0) is 6.61 Å². The van der Waals surface area contributed by atoms with Gasteiger partial charge in [0.2, 0.25) is 5.89 Å². The van der Waals surface area contributed by atoms with E-state index in [-0.39, 0.29) is 25.7 Å². The van der Waals surface area contributed by atoms with Gasteiger partial charge in [0, 0.05) is 12.1 Å². The number of benzene rings is 1. The van der Waals surface area contributed by atoms with Gasteiger partial charge >= 0.3 is 0 Å². The Labute approximate surface area is 149 Å². The van der Waals surface area contributed by atoms with Crippen molar-refractivity contribution in [3.8, 4) is 16.5 Å². The van der Waals surface area contributed by atoms with Gasteiger partial charge in [-0.3, -0.25) is 4.79 Å². The van der Waals surface area contributed by atoms with Crippen molar-refractivity contribution < 1.29 is 19.1 Å². The molecular weight excluding hydrogens is 340 g/mol. The van der Waals surface area contributed by atoms with Crippen molar-refractivity contribution in [3.05, 3.63) is 58.8 Å². The summed E-state index contributed by atoms with van der Waals surface area (Å²) in [5.41, 5.74) is 1.26. The number of nitrogens with zero attached hydrogens (tertiary/aromatic N) is 1. The lowest BCUT2D eigenvalue weighted by molar-refractivity contribution is 0.0944. The van der Waals surface area contributed by atoms with Gasteiger partial charge in [-0.05, 0) is 42.6 Å². The second-order valence-corrected chi connectivity index (χ2v) is 6.24. The van der Waals surface area contributed by atoms with Crippen molar-refractivity contribution in [1.82, 2.24) is 10.3 Å². The van der Waals surface area contributed by atoms with Crippen molar-refractivity contribution in [1.29, 1.82) is 0 Å². The Morgan fingerprint density at radius 3 is 2.80 bits per heavy atom. The van der Waals surface area contributed by atoms with Crippen LogP contribution in [0.2, 0.25) is 0 Å². The van der Waals surface area contributed by atoms with Gasteiger partial charge in [0.1, 0.15) is 23.8 Å². The zero-order valence-electron chi connectivity index (χ0n) is 13.7. The first-order valence-electron chi connectivity index (χ1n) is 7.79. The average Bonchev–Trinajstić information content (AvgIpc) is 3.28. The summed E-state index contributed by atoms with van der Waals surface area (Å²) in [5.74, 6) is 1.73. The molecule has 1 amide bonds. The summed E-state index contributed by atoms with van der Waals surface area (Å²) in [4.78, 5) is 17.2. The van der Waals surface area contributed by atoms with Gasteiger partial charge in [0.15, 0.2) is 0 Å². The molecule has 0 aliphatic rings. The minimum Gasteiger partial charge on any atom is -0.487 e. The number of rotatable bonds is 7. The molecule has 6 nitrogen and oxygen atoms in total. The molecule has 0 fully saturated rings. The molecule has 0 aliphatic carbocycles. The molecule has 0 unspecified atom stereocenters. The van der Waals surface area contributed by atoms with E-state index in [9.17, 15) is 4.79 Å². The van der Waals surface area contributed by atoms with E-state index in [1.165, 1.54) is 0 Å². The lowest BCUT2D eigenvalue weighted by Crippen LogP contribution is -2.26. The molecule has 25 heavy (non-hydrogen) atoms. The number of hydrogen-bond donors (Lipinski definition) is 2. The van der Waals surface area contributed by atoms with E-state index in [4.69, 9.17) is 14.3 Å². The maximum absolute atomic E-state index is 11.8. The topological polar surface area (TPSA) is 84.6 Å². The Hall–Kier alpha value is -2.64. The predicted octanol–water partition coefficient (Wildman–Crippen LogP) is 3.01. The Bertz CT molecular complexity index is 825. The van der Waals surface area contributed by atoms with Crippen LogP contribution in [0.1, 0.15) is 21.8 Å². The highest BCUT2D eigenvalue weighted by atomic mass is 32.1. The molecule has 2 aromatic heterocycles. The second kappa shape index (κ2) is 7.96. The zero-order chi connectivity index (χ0) is 17.6. The molecule has 0 spiro atoms. The van der Waals surface area contributed by atoms with E-state index >= 15 is 0 Å². The molecular formula is C18H18N2O4S. The van der Waals surface area contributed by atoms with Gasteiger partial charge in [-0.1, -0.05) is 6.07 Å². The fraction of sp³-hybridized carbons (Fsp3) is 0.222. The number of carbonyl (C=O) groups excluding carboxylic acids is 1. The van der Waals surface area contributed by atoms with Crippen molar-refractivity contribution in [2.24, 2.45) is 0 Å². The molecule has 3 aromatic rings. The summed E-state index contributed by atoms with van der Waals surface area (Å²) in [5, 5.41) is 13.3. The number of carbonyl (C=O) groups is 1. The van der Waals surface area contributed by atoms with Crippen molar-refractivity contribution in [3.63, 3.8) is 0 Å². The van der Waals surface area contributed by atoms with E-state index in [1.54, 1.807) is 35.6 Å². The number of ether oxygens (including phenoxy) is 1. The molecule has 0 aliphatic heterocycles. The van der Waals surface area contributed by atoms with E-state index < -0.39 is 0 Å². The Morgan fingerprint density at radius 1 is 1.32 bits per heavy atom. The van der Waals surface area contributed by atoms with Crippen LogP contribution in [0.4, 0.5) is 0 Å². The number of aryl methyl sites for hydroxylation is 1. The zero-order valence-corrected chi connectivity index (χ0v) is 14.5. The summed E-state index contributed by atoms with van der Waals surface area (Å²) >= 11 is 1.57. The second-order valence-electron chi connectivity index (χ2n) is 5.29. The number of aromatic nitrogens is 1. The standard InChI is InChI=1S/C18H18N2O4S/c1-12-15(20-18(24-12)16-3-2-10-25-16)11-23-14-6-4-13(5-7-14)17(22)19-8-9-21/h2-7,10,21H,8-9,11H2,1H3,(H,19,22). The number of hydrogen-bond acceptors (Lipinski definition) is 6. The third-order valence-corrected chi connectivity index (χ3v) is 4.37. The van der Waals surface area contributed by atoms with Crippen LogP contribution in [0.5, 0.6) is 5.75 Å². The van der Waals surface area contributed by atoms with E-state index in [2.05, 4.69) is 10.3 Å². The van der Waals surface area contributed by atoms with Crippen LogP contribution in [0.25, 0.3) is 10.8 Å². The number of nitrogens with one attached hydrogen (secondary N) is 1. The number of amides is 1. The molecule has 1 aromatic carbocycles. The largest absolute Gasteiger partial charge is 0.487 e. The molecule has 0 saturated carbocycles. The molecule has 0 saturated heterocycles. The number of thiophene rings is 1. The quantitative estimate of drug-likeness (QED) is 0.678. The predicted molar refractivity (Wildman–Crippen MR) is 94.7 cm³/mol. The molecule has 0 radical (unpaired) electrons. The highest BCUT2D eigenvalue weighted by molar-refractivity contribution is 7.13. The van der Waals surface area contributed by atoms with Gasteiger partial charge in [-0.15, -0.1) is 11.3 Å². The Balaban J connectivity index is 1.61. The molecule has 130 valence electrons. The Morgan fingerprint density at radius 2 is 2.12 bits per heavy atom. The molecule has 2 N–H and O–H groups in total. The fourth-order valence-electron chi connectivity index (χ4n) is 2.19. The van der Waals surface area contributed by atoms with E-state index in [0.29, 0.717) is 17.2 Å². The first-order valence-corrected chi connectivity index (χ1v) is 8.67. The van der Waals surface area contributed by atoms with Crippen LogP contribution in [-0.4, -0.2) is 29.1 Å². The van der Waals surface area contributed by atoms with Crippen LogP contribution in [0.15, 0.2) is 46.2 Å². The maximum atomic E-state index is 11.8. The normalized spacial score (nSPS) is 10.6. The Kier molecular flexibility index (Phi) is 5.47. The third kappa shape index (κ3) is 4.26. The minimum absolute atomic E-state index is 0.0859. The molecule has 7 heteroatoms. The molecule has 2 heterocycles. The van der Waals surface area contributed by atoms with Crippen LogP contribution < -0.4 is 10.1 Å². The van der Waals surface area contributed by atoms with Crippen molar-refractivity contribution in [2.45, 2.75) is 13.5 Å². The van der Waals surface area contributed by atoms with Crippen LogP contribution >= 0.6 is 11.3 Å². The van der Waals surface area contributed by atoms with Gasteiger partial charge in [-0.25, -0.2) is 4.98 Å². The summed E-state index contributed by atoms with van der Waals surface area (Å²) in [6, 6.07) is 10.7. The molecule has 0 atom stereocenters. The number of aliphatic hydroxyl groups excluding tert-OH is 1.